The van der Waals surface area contributed by atoms with E-state index in [4.69, 9.17) is 4.74 Å². The molecule has 2 heterocycles. The van der Waals surface area contributed by atoms with E-state index < -0.39 is 5.60 Å². The molecule has 1 N–H and O–H groups in total. The molecular weight excluding hydrogens is 362 g/mol. The zero-order chi connectivity index (χ0) is 20.5. The molecule has 2 bridgehead atoms. The van der Waals surface area contributed by atoms with Crippen molar-refractivity contribution < 1.29 is 14.6 Å². The molecule has 2 aliphatic rings. The normalized spacial score (nSPS) is 25.9. The van der Waals surface area contributed by atoms with Gasteiger partial charge in [-0.1, -0.05) is 88.6 Å². The van der Waals surface area contributed by atoms with Crippen LogP contribution in [0.3, 0.4) is 0 Å². The van der Waals surface area contributed by atoms with Crippen molar-refractivity contribution in [3.8, 4) is 0 Å². The van der Waals surface area contributed by atoms with Crippen LogP contribution in [0.15, 0.2) is 30.3 Å². The summed E-state index contributed by atoms with van der Waals surface area (Å²) in [4.78, 5) is 14.6. The molecule has 4 heteroatoms. The molecule has 3 rings (SSSR count). The number of unbranched alkanes of at least 4 members (excludes halogenated alkanes) is 7. The summed E-state index contributed by atoms with van der Waals surface area (Å²) in [5.74, 6) is 0. The van der Waals surface area contributed by atoms with E-state index in [-0.39, 0.29) is 18.2 Å². The molecule has 0 aliphatic carbocycles. The lowest BCUT2D eigenvalue weighted by Gasteiger charge is -2.43. The van der Waals surface area contributed by atoms with Gasteiger partial charge in [0.05, 0.1) is 5.60 Å². The van der Waals surface area contributed by atoms with Gasteiger partial charge in [-0.25, -0.2) is 4.79 Å². The lowest BCUT2D eigenvalue weighted by atomic mass is 9.82. The minimum Gasteiger partial charge on any atom is -0.445 e. The number of carbonyl (C=O) groups excluding carboxylic acids is 1. The topological polar surface area (TPSA) is 49.8 Å². The average Bonchev–Trinajstić information content (AvgIpc) is 3.01. The van der Waals surface area contributed by atoms with Crippen molar-refractivity contribution in [2.24, 2.45) is 0 Å². The molecule has 29 heavy (non-hydrogen) atoms. The van der Waals surface area contributed by atoms with Crippen molar-refractivity contribution in [3.05, 3.63) is 35.9 Å². The number of fused-ring (bicyclic) bond motifs is 2. The van der Waals surface area contributed by atoms with Crippen LogP contribution in [0.5, 0.6) is 0 Å². The zero-order valence-corrected chi connectivity index (χ0v) is 18.2. The van der Waals surface area contributed by atoms with Gasteiger partial charge in [0, 0.05) is 12.1 Å². The molecule has 0 radical (unpaired) electrons. The minimum absolute atomic E-state index is 0.135. The van der Waals surface area contributed by atoms with Crippen molar-refractivity contribution in [2.75, 3.05) is 0 Å². The van der Waals surface area contributed by atoms with Crippen LogP contribution in [0, 0.1) is 0 Å². The lowest BCUT2D eigenvalue weighted by molar-refractivity contribution is -0.0554. The molecule has 1 aromatic carbocycles. The van der Waals surface area contributed by atoms with Gasteiger partial charge in [-0.2, -0.15) is 0 Å². The number of rotatable bonds is 11. The van der Waals surface area contributed by atoms with Crippen LogP contribution in [-0.2, 0) is 11.3 Å². The number of hydrogen-bond donors (Lipinski definition) is 1. The first-order valence-corrected chi connectivity index (χ1v) is 11.8. The van der Waals surface area contributed by atoms with Gasteiger partial charge in [-0.3, -0.25) is 0 Å². The summed E-state index contributed by atoms with van der Waals surface area (Å²) < 4.78 is 5.58. The SMILES string of the molecule is CCCCCCCCCCC1(O)CC2CCC(C1)N2C(=O)OCc1ccccc1. The van der Waals surface area contributed by atoms with Crippen molar-refractivity contribution in [1.29, 1.82) is 0 Å². The van der Waals surface area contributed by atoms with Crippen LogP contribution in [-0.4, -0.2) is 33.8 Å². The minimum atomic E-state index is -0.593. The summed E-state index contributed by atoms with van der Waals surface area (Å²) >= 11 is 0. The first-order valence-electron chi connectivity index (χ1n) is 11.8. The Kier molecular flexibility index (Phi) is 8.40. The van der Waals surface area contributed by atoms with Crippen LogP contribution < -0.4 is 0 Å². The summed E-state index contributed by atoms with van der Waals surface area (Å²) in [6, 6.07) is 10.1. The number of ether oxygens (including phenoxy) is 1. The Morgan fingerprint density at radius 3 is 2.21 bits per heavy atom. The first-order chi connectivity index (χ1) is 14.1. The van der Waals surface area contributed by atoms with Crippen LogP contribution in [0.25, 0.3) is 0 Å². The smallest absolute Gasteiger partial charge is 0.410 e. The van der Waals surface area contributed by atoms with Gasteiger partial charge in [-0.15, -0.1) is 0 Å². The Balaban J connectivity index is 1.39. The Morgan fingerprint density at radius 2 is 1.59 bits per heavy atom. The van der Waals surface area contributed by atoms with Gasteiger partial charge in [0.25, 0.3) is 0 Å². The highest BCUT2D eigenvalue weighted by molar-refractivity contribution is 5.69. The van der Waals surface area contributed by atoms with Crippen molar-refractivity contribution >= 4 is 6.09 Å². The van der Waals surface area contributed by atoms with Gasteiger partial charge >= 0.3 is 6.09 Å². The molecule has 2 atom stereocenters. The molecule has 0 saturated carbocycles. The number of hydrogen-bond acceptors (Lipinski definition) is 3. The van der Waals surface area contributed by atoms with Crippen LogP contribution in [0.1, 0.15) is 96.0 Å². The zero-order valence-electron chi connectivity index (χ0n) is 18.2. The summed E-state index contributed by atoms with van der Waals surface area (Å²) in [6.45, 7) is 2.57. The summed E-state index contributed by atoms with van der Waals surface area (Å²) in [5, 5.41) is 11.2. The molecule has 0 aromatic heterocycles. The van der Waals surface area contributed by atoms with E-state index in [2.05, 4.69) is 6.92 Å². The van der Waals surface area contributed by atoms with E-state index in [9.17, 15) is 9.90 Å². The monoisotopic (exact) mass is 401 g/mol. The molecule has 4 nitrogen and oxygen atoms in total. The van der Waals surface area contributed by atoms with Gasteiger partial charge in [-0.05, 0) is 37.7 Å². The van der Waals surface area contributed by atoms with Gasteiger partial charge in [0.15, 0.2) is 0 Å². The van der Waals surface area contributed by atoms with Gasteiger partial charge < -0.3 is 14.7 Å². The Bertz CT molecular complexity index is 604. The van der Waals surface area contributed by atoms with Gasteiger partial charge in [0.2, 0.25) is 0 Å². The predicted molar refractivity (Wildman–Crippen MR) is 117 cm³/mol. The Labute approximate surface area is 176 Å². The number of aliphatic hydroxyl groups is 1. The van der Waals surface area contributed by atoms with E-state index in [1.807, 2.05) is 35.2 Å². The van der Waals surface area contributed by atoms with E-state index in [0.29, 0.717) is 19.4 Å². The summed E-state index contributed by atoms with van der Waals surface area (Å²) in [5.41, 5.74) is 0.418. The lowest BCUT2D eigenvalue weighted by Crippen LogP contribution is -2.53. The van der Waals surface area contributed by atoms with E-state index in [1.54, 1.807) is 0 Å². The second kappa shape index (κ2) is 11.0. The summed E-state index contributed by atoms with van der Waals surface area (Å²) in [7, 11) is 0. The highest BCUT2D eigenvalue weighted by Gasteiger charge is 2.49. The molecular formula is C25H39NO3. The standard InChI is InChI=1S/C25H39NO3/c1-2-3-4-5-6-7-8-12-17-25(28)18-22-15-16-23(19-25)26(22)24(27)29-20-21-13-10-9-11-14-21/h9-11,13-14,22-23,28H,2-8,12,15-20H2,1H3. The van der Waals surface area contributed by atoms with Crippen molar-refractivity contribution in [1.82, 2.24) is 4.90 Å². The maximum Gasteiger partial charge on any atom is 0.410 e. The van der Waals surface area contributed by atoms with E-state index >= 15 is 0 Å². The predicted octanol–water partition coefficient (Wildman–Crippen LogP) is 6.21. The second-order valence-corrected chi connectivity index (χ2v) is 9.19. The van der Waals surface area contributed by atoms with Gasteiger partial charge in [0.1, 0.15) is 6.61 Å². The van der Waals surface area contributed by atoms with E-state index in [0.717, 1.165) is 31.2 Å². The fraction of sp³-hybridized carbons (Fsp3) is 0.720. The maximum absolute atomic E-state index is 12.7. The van der Waals surface area contributed by atoms with Crippen molar-refractivity contribution in [3.63, 3.8) is 0 Å². The van der Waals surface area contributed by atoms with Crippen molar-refractivity contribution in [2.45, 2.75) is 115 Å². The van der Waals surface area contributed by atoms with Crippen LogP contribution in [0.2, 0.25) is 0 Å². The molecule has 1 aromatic rings. The summed E-state index contributed by atoms with van der Waals surface area (Å²) in [6.07, 6.45) is 14.3. The highest BCUT2D eigenvalue weighted by Crippen LogP contribution is 2.43. The number of carbonyl (C=O) groups is 1. The fourth-order valence-corrected chi connectivity index (χ4v) is 5.21. The number of nitrogens with zero attached hydrogens (tertiary/aromatic N) is 1. The number of piperidine rings is 1. The number of amides is 1. The Hall–Kier alpha value is -1.55. The molecule has 2 saturated heterocycles. The van der Waals surface area contributed by atoms with E-state index in [1.165, 1.54) is 44.9 Å². The third-order valence-electron chi connectivity index (χ3n) is 6.76. The van der Waals surface area contributed by atoms with Crippen LogP contribution >= 0.6 is 0 Å². The molecule has 0 spiro atoms. The molecule has 2 aliphatic heterocycles. The molecule has 2 unspecified atom stereocenters. The number of benzene rings is 1. The third kappa shape index (κ3) is 6.47. The largest absolute Gasteiger partial charge is 0.445 e. The average molecular weight is 402 g/mol. The molecule has 1 amide bonds. The third-order valence-corrected chi connectivity index (χ3v) is 6.76. The second-order valence-electron chi connectivity index (χ2n) is 9.19. The highest BCUT2D eigenvalue weighted by atomic mass is 16.6. The molecule has 162 valence electrons. The molecule has 2 fully saturated rings. The fourth-order valence-electron chi connectivity index (χ4n) is 5.21. The first kappa shape index (κ1) is 22.1. The van der Waals surface area contributed by atoms with Crippen LogP contribution in [0.4, 0.5) is 4.79 Å². The quantitative estimate of drug-likeness (QED) is 0.448. The Morgan fingerprint density at radius 1 is 1.00 bits per heavy atom. The maximum atomic E-state index is 12.7.